The van der Waals surface area contributed by atoms with E-state index in [-0.39, 0.29) is 6.47 Å². The number of aliphatic imine (C=N–C) groups is 1. The summed E-state index contributed by atoms with van der Waals surface area (Å²) in [6, 6.07) is 0. The van der Waals surface area contributed by atoms with Crippen molar-refractivity contribution in [3.05, 3.63) is 35.0 Å². The lowest BCUT2D eigenvalue weighted by Gasteiger charge is -2.00. The summed E-state index contributed by atoms with van der Waals surface area (Å²) in [7, 11) is 0. The molecule has 70 valence electrons. The van der Waals surface area contributed by atoms with Gasteiger partial charge in [0, 0.05) is 11.9 Å². The maximum atomic E-state index is 11.4. The summed E-state index contributed by atoms with van der Waals surface area (Å²) < 4.78 is 11.4. The van der Waals surface area contributed by atoms with Gasteiger partial charge in [0.1, 0.15) is 0 Å². The second kappa shape index (κ2) is 5.59. The van der Waals surface area contributed by atoms with Gasteiger partial charge in [0.25, 0.3) is 0 Å². The van der Waals surface area contributed by atoms with Crippen LogP contribution in [0.2, 0.25) is 0 Å². The van der Waals surface area contributed by atoms with E-state index in [0.29, 0.717) is 0 Å². The zero-order valence-electron chi connectivity index (χ0n) is 7.33. The normalized spacial score (nSPS) is 18.3. The van der Waals surface area contributed by atoms with Gasteiger partial charge in [-0.15, -0.1) is 11.8 Å². The van der Waals surface area contributed by atoms with E-state index >= 15 is 0 Å². The smallest absolute Gasteiger partial charge is 0.175 e. The molecule has 0 saturated heterocycles. The van der Waals surface area contributed by atoms with Crippen molar-refractivity contribution in [2.75, 3.05) is 5.88 Å². The average Bonchev–Trinajstić information content (AvgIpc) is 2.65. The summed E-state index contributed by atoms with van der Waals surface area (Å²) in [4.78, 5) is 3.31. The first-order valence-electron chi connectivity index (χ1n) is 3.86. The molecule has 0 aromatic heterocycles. The van der Waals surface area contributed by atoms with Gasteiger partial charge < -0.3 is 5.32 Å². The van der Waals surface area contributed by atoms with Crippen molar-refractivity contribution in [1.29, 1.82) is 0 Å². The quantitative estimate of drug-likeness (QED) is 0.556. The molecule has 1 rings (SSSR count). The van der Waals surface area contributed by atoms with Crippen LogP contribution in [-0.4, -0.2) is 12.3 Å². The third kappa shape index (κ3) is 3.46. The Balaban J connectivity index is 2.50. The molecule has 0 saturated carbocycles. The Morgan fingerprint density at radius 3 is 3.23 bits per heavy atom. The fraction of sp³-hybridized carbons (Fsp3) is 0.222. The minimum atomic E-state index is 0.266. The van der Waals surface area contributed by atoms with E-state index in [9.17, 15) is 4.39 Å². The Bertz CT molecular complexity index is 279. The van der Waals surface area contributed by atoms with Gasteiger partial charge in [0.15, 0.2) is 6.47 Å². The van der Waals surface area contributed by atoms with E-state index in [2.05, 4.69) is 15.7 Å². The molecule has 0 amide bonds. The summed E-state index contributed by atoms with van der Waals surface area (Å²) in [6.45, 7) is 2.26. The zero-order chi connectivity index (χ0) is 9.52. The van der Waals surface area contributed by atoms with Crippen LogP contribution in [0.25, 0.3) is 0 Å². The first-order valence-corrected chi connectivity index (χ1v) is 4.91. The highest BCUT2D eigenvalue weighted by Crippen LogP contribution is 2.18. The number of nitrogens with one attached hydrogen (secondary N) is 1. The molecule has 0 unspecified atom stereocenters. The lowest BCUT2D eigenvalue weighted by Crippen LogP contribution is -2.06. The zero-order valence-corrected chi connectivity index (χ0v) is 8.14. The predicted molar refractivity (Wildman–Crippen MR) is 56.2 cm³/mol. The van der Waals surface area contributed by atoms with Crippen LogP contribution in [0.4, 0.5) is 4.39 Å². The molecular weight excluding hydrogens is 187 g/mol. The highest BCUT2D eigenvalue weighted by Gasteiger charge is 2.03. The Kier molecular flexibility index (Phi) is 4.32. The number of allylic oxidation sites excluding steroid dienone is 3. The third-order valence-electron chi connectivity index (χ3n) is 1.55. The molecule has 0 aliphatic carbocycles. The molecule has 0 atom stereocenters. The summed E-state index contributed by atoms with van der Waals surface area (Å²) >= 11 is 1.73. The van der Waals surface area contributed by atoms with Crippen LogP contribution in [0, 0.1) is 0 Å². The number of nitrogens with zero attached hydrogens (tertiary/aromatic N) is 1. The van der Waals surface area contributed by atoms with Gasteiger partial charge in [-0.3, -0.25) is 0 Å². The Labute approximate surface area is 81.3 Å². The molecule has 0 fully saturated rings. The van der Waals surface area contributed by atoms with Crippen LogP contribution < -0.4 is 5.32 Å². The molecule has 0 bridgehead atoms. The molecular formula is C9H11FN2S. The van der Waals surface area contributed by atoms with Gasteiger partial charge >= 0.3 is 0 Å². The minimum absolute atomic E-state index is 0.266. The van der Waals surface area contributed by atoms with E-state index in [1.54, 1.807) is 17.8 Å². The summed E-state index contributed by atoms with van der Waals surface area (Å²) in [5, 5.41) is 5.27. The van der Waals surface area contributed by atoms with Crippen molar-refractivity contribution in [3.8, 4) is 0 Å². The Morgan fingerprint density at radius 1 is 1.77 bits per heavy atom. The number of thioether (sulfide) groups is 1. The maximum Gasteiger partial charge on any atom is 0.175 e. The van der Waals surface area contributed by atoms with E-state index in [1.165, 1.54) is 6.20 Å². The minimum Gasteiger partial charge on any atom is -0.375 e. The molecule has 0 radical (unpaired) electrons. The predicted octanol–water partition coefficient (Wildman–Crippen LogP) is 2.58. The van der Waals surface area contributed by atoms with Gasteiger partial charge in [0.05, 0.1) is 5.88 Å². The lowest BCUT2D eigenvalue weighted by atomic mass is 10.2. The van der Waals surface area contributed by atoms with E-state index in [0.717, 1.165) is 17.1 Å². The van der Waals surface area contributed by atoms with Gasteiger partial charge in [-0.25, -0.2) is 4.99 Å². The maximum absolute atomic E-state index is 11.4. The van der Waals surface area contributed by atoms with Crippen LogP contribution in [0.15, 0.2) is 40.0 Å². The van der Waals surface area contributed by atoms with Crippen molar-refractivity contribution in [3.63, 3.8) is 0 Å². The van der Waals surface area contributed by atoms with Crippen molar-refractivity contribution >= 4 is 18.2 Å². The number of hydrogen-bond acceptors (Lipinski definition) is 3. The topological polar surface area (TPSA) is 24.4 Å². The van der Waals surface area contributed by atoms with Gasteiger partial charge in [-0.1, -0.05) is 6.08 Å². The molecule has 1 aliphatic heterocycles. The van der Waals surface area contributed by atoms with Gasteiger partial charge in [0.2, 0.25) is 0 Å². The molecule has 2 nitrogen and oxygen atoms in total. The monoisotopic (exact) mass is 198 g/mol. The van der Waals surface area contributed by atoms with Crippen LogP contribution >= 0.6 is 11.8 Å². The second-order valence-electron chi connectivity index (χ2n) is 2.46. The number of rotatable bonds is 3. The molecule has 0 spiro atoms. The van der Waals surface area contributed by atoms with E-state index < -0.39 is 0 Å². The molecule has 1 N–H and O–H groups in total. The van der Waals surface area contributed by atoms with Crippen LogP contribution in [-0.2, 0) is 0 Å². The van der Waals surface area contributed by atoms with Crippen LogP contribution in [0.1, 0.15) is 6.92 Å². The van der Waals surface area contributed by atoms with E-state index in [1.807, 2.05) is 13.0 Å². The van der Waals surface area contributed by atoms with E-state index in [4.69, 9.17) is 0 Å². The lowest BCUT2D eigenvalue weighted by molar-refractivity contribution is 0.841. The fourth-order valence-corrected chi connectivity index (χ4v) is 1.64. The highest BCUT2D eigenvalue weighted by atomic mass is 32.2. The SMILES string of the molecule is C\C(=C/C=C\N=C\F)C1=CSCN1. The molecule has 1 aliphatic rings. The Hall–Kier alpha value is -1.03. The summed E-state index contributed by atoms with van der Waals surface area (Å²) in [6.07, 6.45) is 5.00. The van der Waals surface area contributed by atoms with Crippen molar-refractivity contribution < 1.29 is 4.39 Å². The second-order valence-corrected chi connectivity index (χ2v) is 3.31. The van der Waals surface area contributed by atoms with Crippen LogP contribution in [0.3, 0.4) is 0 Å². The van der Waals surface area contributed by atoms with Crippen molar-refractivity contribution in [2.24, 2.45) is 4.99 Å². The summed E-state index contributed by atoms with van der Waals surface area (Å²) in [5.41, 5.74) is 2.24. The van der Waals surface area contributed by atoms with Crippen LogP contribution in [0.5, 0.6) is 0 Å². The molecule has 1 heterocycles. The van der Waals surface area contributed by atoms with Gasteiger partial charge in [-0.2, -0.15) is 4.39 Å². The first-order chi connectivity index (χ1) is 6.34. The average molecular weight is 198 g/mol. The molecule has 0 aromatic carbocycles. The standard InChI is InChI=1S/C9H11FN2S/c1-8(3-2-4-11-6-10)9-5-13-7-12-9/h2-6,12H,7H2,1H3/b4-2-,8-3+,11-6+. The molecule has 13 heavy (non-hydrogen) atoms. The Morgan fingerprint density at radius 2 is 2.62 bits per heavy atom. The van der Waals surface area contributed by atoms with Gasteiger partial charge in [-0.05, 0) is 24.0 Å². The number of halogens is 1. The first kappa shape index (κ1) is 10.1. The summed E-state index contributed by atoms with van der Waals surface area (Å²) in [5.74, 6) is 0.923. The van der Waals surface area contributed by atoms with Crippen molar-refractivity contribution in [1.82, 2.24) is 5.32 Å². The van der Waals surface area contributed by atoms with Crippen molar-refractivity contribution in [2.45, 2.75) is 6.92 Å². The third-order valence-corrected chi connectivity index (χ3v) is 2.26. The highest BCUT2D eigenvalue weighted by molar-refractivity contribution is 8.02. The molecule has 4 heteroatoms. The fourth-order valence-electron chi connectivity index (χ4n) is 0.878. The largest absolute Gasteiger partial charge is 0.375 e. The number of hydrogen-bond donors (Lipinski definition) is 1. The molecule has 0 aromatic rings.